The molecule has 0 saturated carbocycles. The lowest BCUT2D eigenvalue weighted by molar-refractivity contribution is -0.120. The van der Waals surface area contributed by atoms with E-state index in [1.807, 2.05) is 19.1 Å². The Hall–Kier alpha value is -2.61. The fourth-order valence-corrected chi connectivity index (χ4v) is 4.76. The summed E-state index contributed by atoms with van der Waals surface area (Å²) in [5, 5.41) is 2.85. The number of hydrogen-bond donors (Lipinski definition) is 1. The molecule has 1 heterocycles. The van der Waals surface area contributed by atoms with E-state index in [4.69, 9.17) is 0 Å². The van der Waals surface area contributed by atoms with E-state index in [1.54, 1.807) is 0 Å². The van der Waals surface area contributed by atoms with Gasteiger partial charge in [-0.1, -0.05) is 19.1 Å². The van der Waals surface area contributed by atoms with Gasteiger partial charge < -0.3 is 10.2 Å². The molecular weight excluding hydrogens is 417 g/mol. The summed E-state index contributed by atoms with van der Waals surface area (Å²) in [5.41, 5.74) is 2.36. The van der Waals surface area contributed by atoms with E-state index in [2.05, 4.69) is 29.3 Å². The zero-order chi connectivity index (χ0) is 22.6. The van der Waals surface area contributed by atoms with Crippen molar-refractivity contribution in [1.82, 2.24) is 5.32 Å². The zero-order valence-corrected chi connectivity index (χ0v) is 19.0. The van der Waals surface area contributed by atoms with Gasteiger partial charge in [-0.15, -0.1) is 0 Å². The van der Waals surface area contributed by atoms with Crippen molar-refractivity contribution in [1.29, 1.82) is 0 Å². The Morgan fingerprint density at radius 3 is 2.42 bits per heavy atom. The largest absolute Gasteiger partial charge is 0.371 e. The lowest BCUT2D eigenvalue weighted by Gasteiger charge is -2.33. The highest BCUT2D eigenvalue weighted by molar-refractivity contribution is 7.92. The van der Waals surface area contributed by atoms with Gasteiger partial charge in [0.1, 0.15) is 12.4 Å². The molecule has 0 spiro atoms. The maximum absolute atomic E-state index is 13.2. The maximum Gasteiger partial charge on any atom is 0.241 e. The smallest absolute Gasteiger partial charge is 0.241 e. The first-order valence-corrected chi connectivity index (χ1v) is 12.4. The molecule has 168 valence electrons. The highest BCUT2D eigenvalue weighted by Gasteiger charge is 2.22. The number of carbonyl (C=O) groups is 1. The Labute approximate surface area is 184 Å². The van der Waals surface area contributed by atoms with Crippen molar-refractivity contribution in [3.05, 3.63) is 59.9 Å². The van der Waals surface area contributed by atoms with Crippen LogP contribution in [0.1, 0.15) is 38.3 Å². The minimum Gasteiger partial charge on any atom is -0.371 e. The summed E-state index contributed by atoms with van der Waals surface area (Å²) in [6, 6.07) is 12.9. The van der Waals surface area contributed by atoms with Crippen LogP contribution in [0.15, 0.2) is 48.5 Å². The van der Waals surface area contributed by atoms with Crippen LogP contribution in [0.2, 0.25) is 0 Å². The van der Waals surface area contributed by atoms with Gasteiger partial charge in [0.05, 0.1) is 18.0 Å². The molecule has 1 saturated heterocycles. The predicted molar refractivity (Wildman–Crippen MR) is 122 cm³/mol. The number of sulfonamides is 1. The molecule has 8 heteroatoms. The molecule has 2 aromatic rings. The van der Waals surface area contributed by atoms with Crippen LogP contribution in [0, 0.1) is 11.7 Å². The molecule has 2 atom stereocenters. The summed E-state index contributed by atoms with van der Waals surface area (Å²) in [6.07, 6.45) is 3.48. The van der Waals surface area contributed by atoms with E-state index in [9.17, 15) is 17.6 Å². The summed E-state index contributed by atoms with van der Waals surface area (Å²) in [6.45, 7) is 5.86. The molecule has 1 aliphatic heterocycles. The molecule has 31 heavy (non-hydrogen) atoms. The van der Waals surface area contributed by atoms with E-state index in [-0.39, 0.29) is 18.3 Å². The van der Waals surface area contributed by atoms with Crippen molar-refractivity contribution < 1.29 is 17.6 Å². The van der Waals surface area contributed by atoms with Crippen LogP contribution in [0.3, 0.4) is 0 Å². The van der Waals surface area contributed by atoms with Gasteiger partial charge in [-0.2, -0.15) is 0 Å². The number of anilines is 2. The second-order valence-corrected chi connectivity index (χ2v) is 10.2. The number of halogens is 1. The summed E-state index contributed by atoms with van der Waals surface area (Å²) in [7, 11) is -3.70. The van der Waals surface area contributed by atoms with Gasteiger partial charge in [-0.05, 0) is 67.6 Å². The second-order valence-electron chi connectivity index (χ2n) is 8.32. The Kier molecular flexibility index (Phi) is 7.20. The Bertz CT molecular complexity index is 994. The lowest BCUT2D eigenvalue weighted by Crippen LogP contribution is -2.41. The van der Waals surface area contributed by atoms with Crippen molar-refractivity contribution in [2.45, 2.75) is 32.7 Å². The van der Waals surface area contributed by atoms with E-state index in [0.717, 1.165) is 29.2 Å². The van der Waals surface area contributed by atoms with Gasteiger partial charge in [0.25, 0.3) is 0 Å². The fourth-order valence-electron chi connectivity index (χ4n) is 3.91. The first-order valence-electron chi connectivity index (χ1n) is 10.5. The van der Waals surface area contributed by atoms with Crippen molar-refractivity contribution in [3.63, 3.8) is 0 Å². The number of nitrogens with one attached hydrogen (secondary N) is 1. The summed E-state index contributed by atoms with van der Waals surface area (Å²) >= 11 is 0. The van der Waals surface area contributed by atoms with Gasteiger partial charge in [-0.25, -0.2) is 12.8 Å². The molecule has 0 radical (unpaired) electrons. The first-order chi connectivity index (χ1) is 14.6. The number of nitrogens with zero attached hydrogens (tertiary/aromatic N) is 2. The van der Waals surface area contributed by atoms with Gasteiger partial charge >= 0.3 is 0 Å². The average molecular weight is 448 g/mol. The van der Waals surface area contributed by atoms with E-state index in [0.29, 0.717) is 5.92 Å². The van der Waals surface area contributed by atoms with Gasteiger partial charge in [0.2, 0.25) is 15.9 Å². The number of carbonyl (C=O) groups excluding carboxylic acids is 1. The van der Waals surface area contributed by atoms with Crippen molar-refractivity contribution in [2.24, 2.45) is 5.92 Å². The second kappa shape index (κ2) is 9.68. The maximum atomic E-state index is 13.2. The van der Waals surface area contributed by atoms with E-state index >= 15 is 0 Å². The molecule has 2 unspecified atom stereocenters. The average Bonchev–Trinajstić information content (AvgIpc) is 2.72. The predicted octanol–water partition coefficient (Wildman–Crippen LogP) is 3.71. The van der Waals surface area contributed by atoms with Gasteiger partial charge in [0.15, 0.2) is 0 Å². The first kappa shape index (κ1) is 23.1. The van der Waals surface area contributed by atoms with Crippen LogP contribution in [-0.4, -0.2) is 40.2 Å². The summed E-state index contributed by atoms with van der Waals surface area (Å²) < 4.78 is 38.5. The SMILES string of the molecule is CC1CCCN(c2ccc(C(C)NC(=O)CN(c3ccc(F)cc3)S(C)(=O)=O)cc2)C1. The Morgan fingerprint density at radius 2 is 1.84 bits per heavy atom. The molecule has 2 aromatic carbocycles. The van der Waals surface area contributed by atoms with Crippen LogP contribution in [0.5, 0.6) is 0 Å². The minimum atomic E-state index is -3.70. The normalized spacial score (nSPS) is 17.8. The molecule has 1 fully saturated rings. The van der Waals surface area contributed by atoms with Crippen LogP contribution in [0.25, 0.3) is 0 Å². The molecule has 3 rings (SSSR count). The number of hydrogen-bond acceptors (Lipinski definition) is 4. The molecule has 6 nitrogen and oxygen atoms in total. The highest BCUT2D eigenvalue weighted by Crippen LogP contribution is 2.25. The number of piperidine rings is 1. The molecule has 0 bridgehead atoms. The summed E-state index contributed by atoms with van der Waals surface area (Å²) in [5.74, 6) is -0.223. The van der Waals surface area contributed by atoms with Crippen molar-refractivity contribution in [2.75, 3.05) is 35.1 Å². The molecule has 1 aliphatic rings. The van der Waals surface area contributed by atoms with Crippen LogP contribution in [0.4, 0.5) is 15.8 Å². The third kappa shape index (κ3) is 6.19. The van der Waals surface area contributed by atoms with E-state index < -0.39 is 21.7 Å². The topological polar surface area (TPSA) is 69.7 Å². The zero-order valence-electron chi connectivity index (χ0n) is 18.2. The van der Waals surface area contributed by atoms with Crippen LogP contribution >= 0.6 is 0 Å². The number of amides is 1. The Balaban J connectivity index is 1.64. The summed E-state index contributed by atoms with van der Waals surface area (Å²) in [4.78, 5) is 15.0. The van der Waals surface area contributed by atoms with E-state index in [1.165, 1.54) is 42.8 Å². The number of rotatable bonds is 7. The number of benzene rings is 2. The van der Waals surface area contributed by atoms with Crippen LogP contribution in [-0.2, 0) is 14.8 Å². The lowest BCUT2D eigenvalue weighted by atomic mass is 9.99. The standard InChI is InChI=1S/C23H30FN3O3S/c1-17-5-4-14-26(15-17)21-10-6-19(7-11-21)18(2)25-23(28)16-27(31(3,29)30)22-12-8-20(24)9-13-22/h6-13,17-18H,4-5,14-16H2,1-3H3,(H,25,28). The molecule has 0 aliphatic carbocycles. The van der Waals surface area contributed by atoms with Gasteiger partial charge in [-0.3, -0.25) is 9.10 Å². The van der Waals surface area contributed by atoms with Crippen LogP contribution < -0.4 is 14.5 Å². The third-order valence-corrected chi connectivity index (χ3v) is 6.74. The molecule has 1 amide bonds. The van der Waals surface area contributed by atoms with Crippen molar-refractivity contribution in [3.8, 4) is 0 Å². The third-order valence-electron chi connectivity index (χ3n) is 5.59. The quantitative estimate of drug-likeness (QED) is 0.703. The highest BCUT2D eigenvalue weighted by atomic mass is 32.2. The fraction of sp³-hybridized carbons (Fsp3) is 0.435. The minimum absolute atomic E-state index is 0.242. The monoisotopic (exact) mass is 447 g/mol. The molecule has 0 aromatic heterocycles. The molecule has 1 N–H and O–H groups in total. The Morgan fingerprint density at radius 1 is 1.19 bits per heavy atom. The molecular formula is C23H30FN3O3S. The van der Waals surface area contributed by atoms with Gasteiger partial charge in [0, 0.05) is 18.8 Å². The van der Waals surface area contributed by atoms with Crippen molar-refractivity contribution >= 4 is 27.3 Å².